The first kappa shape index (κ1) is 11.9. The highest BCUT2D eigenvalue weighted by Gasteiger charge is 2.02. The molecule has 1 aromatic rings. The van der Waals surface area contributed by atoms with Crippen LogP contribution < -0.4 is 5.32 Å². The standard InChI is InChI=1S/C12H15NOS/c1-2-11(14)8-12(15)13-9-10-6-4-3-5-7-10/h2-7,11,14H,1,8-9H2,(H,13,15). The van der Waals surface area contributed by atoms with E-state index in [9.17, 15) is 5.11 Å². The summed E-state index contributed by atoms with van der Waals surface area (Å²) in [5, 5.41) is 12.4. The fourth-order valence-corrected chi connectivity index (χ4v) is 1.38. The van der Waals surface area contributed by atoms with Crippen molar-refractivity contribution in [2.45, 2.75) is 19.1 Å². The Morgan fingerprint density at radius 1 is 1.47 bits per heavy atom. The van der Waals surface area contributed by atoms with Crippen LogP contribution in [0.3, 0.4) is 0 Å². The number of hydrogen-bond acceptors (Lipinski definition) is 2. The number of aliphatic hydroxyl groups is 1. The summed E-state index contributed by atoms with van der Waals surface area (Å²) in [6, 6.07) is 10.00. The van der Waals surface area contributed by atoms with E-state index in [4.69, 9.17) is 12.2 Å². The summed E-state index contributed by atoms with van der Waals surface area (Å²) in [4.78, 5) is 0.659. The van der Waals surface area contributed by atoms with E-state index < -0.39 is 6.10 Å². The summed E-state index contributed by atoms with van der Waals surface area (Å²) >= 11 is 5.08. The summed E-state index contributed by atoms with van der Waals surface area (Å²) < 4.78 is 0. The van der Waals surface area contributed by atoms with Crippen LogP contribution >= 0.6 is 12.2 Å². The number of nitrogens with one attached hydrogen (secondary N) is 1. The SMILES string of the molecule is C=CC(O)CC(=S)NCc1ccccc1. The molecule has 1 aromatic carbocycles. The molecule has 0 spiro atoms. The van der Waals surface area contributed by atoms with Crippen LogP contribution in [0.4, 0.5) is 0 Å². The quantitative estimate of drug-likeness (QED) is 0.589. The zero-order valence-corrected chi connectivity index (χ0v) is 9.33. The molecule has 0 aliphatic heterocycles. The smallest absolute Gasteiger partial charge is 0.0785 e. The third-order valence-electron chi connectivity index (χ3n) is 2.00. The Hall–Kier alpha value is -1.19. The molecule has 2 nitrogen and oxygen atoms in total. The molecule has 1 atom stereocenters. The monoisotopic (exact) mass is 221 g/mol. The Labute approximate surface area is 95.6 Å². The molecule has 0 saturated heterocycles. The van der Waals surface area contributed by atoms with E-state index in [1.165, 1.54) is 11.6 Å². The summed E-state index contributed by atoms with van der Waals surface area (Å²) in [5.41, 5.74) is 1.17. The van der Waals surface area contributed by atoms with Crippen molar-refractivity contribution < 1.29 is 5.11 Å². The predicted octanol–water partition coefficient (Wildman–Crippen LogP) is 2.04. The van der Waals surface area contributed by atoms with E-state index >= 15 is 0 Å². The molecule has 15 heavy (non-hydrogen) atoms. The molecule has 0 amide bonds. The lowest BCUT2D eigenvalue weighted by Crippen LogP contribution is -2.24. The first-order valence-electron chi connectivity index (χ1n) is 4.83. The fraction of sp³-hybridized carbons (Fsp3) is 0.250. The second-order valence-electron chi connectivity index (χ2n) is 3.27. The van der Waals surface area contributed by atoms with Gasteiger partial charge in [-0.1, -0.05) is 48.6 Å². The van der Waals surface area contributed by atoms with Crippen LogP contribution in [0.15, 0.2) is 43.0 Å². The zero-order valence-electron chi connectivity index (χ0n) is 8.52. The highest BCUT2D eigenvalue weighted by atomic mass is 32.1. The third-order valence-corrected chi connectivity index (χ3v) is 2.31. The van der Waals surface area contributed by atoms with Gasteiger partial charge in [0, 0.05) is 13.0 Å². The van der Waals surface area contributed by atoms with Crippen molar-refractivity contribution in [3.8, 4) is 0 Å². The van der Waals surface area contributed by atoms with Crippen LogP contribution in [-0.4, -0.2) is 16.2 Å². The molecule has 3 heteroatoms. The third kappa shape index (κ3) is 4.72. The van der Waals surface area contributed by atoms with Gasteiger partial charge in [0.2, 0.25) is 0 Å². The summed E-state index contributed by atoms with van der Waals surface area (Å²) in [7, 11) is 0. The summed E-state index contributed by atoms with van der Waals surface area (Å²) in [6.07, 6.45) is 1.36. The average molecular weight is 221 g/mol. The molecule has 1 unspecified atom stereocenters. The number of benzene rings is 1. The largest absolute Gasteiger partial charge is 0.389 e. The van der Waals surface area contributed by atoms with Crippen molar-refractivity contribution in [3.05, 3.63) is 48.6 Å². The Morgan fingerprint density at radius 2 is 2.13 bits per heavy atom. The van der Waals surface area contributed by atoms with E-state index in [1.54, 1.807) is 0 Å². The van der Waals surface area contributed by atoms with Gasteiger partial charge in [0.15, 0.2) is 0 Å². The van der Waals surface area contributed by atoms with Gasteiger partial charge in [-0.25, -0.2) is 0 Å². The van der Waals surface area contributed by atoms with Crippen LogP contribution in [0.25, 0.3) is 0 Å². The fourth-order valence-electron chi connectivity index (χ4n) is 1.14. The molecule has 80 valence electrons. The van der Waals surface area contributed by atoms with Gasteiger partial charge >= 0.3 is 0 Å². The van der Waals surface area contributed by atoms with Crippen LogP contribution in [0, 0.1) is 0 Å². The maximum absolute atomic E-state index is 9.28. The predicted molar refractivity (Wildman–Crippen MR) is 66.7 cm³/mol. The number of thiocarbonyl (C=S) groups is 1. The van der Waals surface area contributed by atoms with E-state index in [-0.39, 0.29) is 0 Å². The molecule has 2 N–H and O–H groups in total. The van der Waals surface area contributed by atoms with Gasteiger partial charge in [-0.2, -0.15) is 0 Å². The lowest BCUT2D eigenvalue weighted by Gasteiger charge is -2.09. The van der Waals surface area contributed by atoms with Crippen LogP contribution in [0.1, 0.15) is 12.0 Å². The molecule has 0 saturated carbocycles. The van der Waals surface area contributed by atoms with Gasteiger partial charge in [-0.15, -0.1) is 6.58 Å². The highest BCUT2D eigenvalue weighted by Crippen LogP contribution is 1.99. The minimum Gasteiger partial charge on any atom is -0.389 e. The van der Waals surface area contributed by atoms with Crippen molar-refractivity contribution in [1.82, 2.24) is 5.32 Å². The summed E-state index contributed by atoms with van der Waals surface area (Å²) in [5.74, 6) is 0. The van der Waals surface area contributed by atoms with Crippen molar-refractivity contribution in [2.24, 2.45) is 0 Å². The molecule has 0 radical (unpaired) electrons. The maximum atomic E-state index is 9.28. The van der Waals surface area contributed by atoms with Crippen molar-refractivity contribution >= 4 is 17.2 Å². The first-order chi connectivity index (χ1) is 7.22. The van der Waals surface area contributed by atoms with Gasteiger partial charge in [0.05, 0.1) is 11.1 Å². The lowest BCUT2D eigenvalue weighted by atomic mass is 10.2. The molecule has 0 fully saturated rings. The minimum atomic E-state index is -0.555. The van der Waals surface area contributed by atoms with Crippen molar-refractivity contribution in [2.75, 3.05) is 0 Å². The Bertz CT molecular complexity index is 324. The Kier molecular flexibility index (Phi) is 5.01. The number of aliphatic hydroxyl groups excluding tert-OH is 1. The minimum absolute atomic E-state index is 0.436. The molecule has 0 aliphatic rings. The van der Waals surface area contributed by atoms with Gasteiger partial charge in [-0.05, 0) is 5.56 Å². The zero-order chi connectivity index (χ0) is 11.1. The molecule has 0 heterocycles. The van der Waals surface area contributed by atoms with Crippen molar-refractivity contribution in [1.29, 1.82) is 0 Å². The molecular formula is C12H15NOS. The second kappa shape index (κ2) is 6.32. The lowest BCUT2D eigenvalue weighted by molar-refractivity contribution is 0.231. The normalized spacial score (nSPS) is 11.8. The molecule has 0 aliphatic carbocycles. The average Bonchev–Trinajstić information content (AvgIpc) is 2.27. The van der Waals surface area contributed by atoms with Crippen LogP contribution in [0.5, 0.6) is 0 Å². The van der Waals surface area contributed by atoms with Crippen LogP contribution in [0.2, 0.25) is 0 Å². The summed E-state index contributed by atoms with van der Waals surface area (Å²) in [6.45, 7) is 4.19. The van der Waals surface area contributed by atoms with Crippen LogP contribution in [-0.2, 0) is 6.54 Å². The van der Waals surface area contributed by atoms with Gasteiger partial charge < -0.3 is 10.4 Å². The second-order valence-corrected chi connectivity index (χ2v) is 3.76. The topological polar surface area (TPSA) is 32.3 Å². The van der Waals surface area contributed by atoms with Gasteiger partial charge in [0.1, 0.15) is 0 Å². The van der Waals surface area contributed by atoms with E-state index in [0.29, 0.717) is 18.0 Å². The van der Waals surface area contributed by atoms with E-state index in [2.05, 4.69) is 11.9 Å². The molecular weight excluding hydrogens is 206 g/mol. The first-order valence-corrected chi connectivity index (χ1v) is 5.24. The maximum Gasteiger partial charge on any atom is 0.0785 e. The van der Waals surface area contributed by atoms with Gasteiger partial charge in [-0.3, -0.25) is 0 Å². The Balaban J connectivity index is 2.31. The number of rotatable bonds is 5. The molecule has 0 bridgehead atoms. The molecule has 0 aromatic heterocycles. The molecule has 1 rings (SSSR count). The van der Waals surface area contributed by atoms with E-state index in [1.807, 2.05) is 30.3 Å². The van der Waals surface area contributed by atoms with Gasteiger partial charge in [0.25, 0.3) is 0 Å². The number of hydrogen-bond donors (Lipinski definition) is 2. The van der Waals surface area contributed by atoms with Crippen molar-refractivity contribution in [3.63, 3.8) is 0 Å². The Morgan fingerprint density at radius 3 is 2.73 bits per heavy atom. The highest BCUT2D eigenvalue weighted by molar-refractivity contribution is 7.80. The van der Waals surface area contributed by atoms with E-state index in [0.717, 1.165) is 0 Å².